The fraction of sp³-hybridized carbons (Fsp3) is 0.308. The first-order valence-corrected chi connectivity index (χ1v) is 6.06. The van der Waals surface area contributed by atoms with Gasteiger partial charge in [-0.3, -0.25) is 0 Å². The van der Waals surface area contributed by atoms with Crippen LogP contribution in [0, 0.1) is 0 Å². The first kappa shape index (κ1) is 13.5. The first-order valence-electron chi connectivity index (χ1n) is 5.24. The molecule has 1 rings (SSSR count). The van der Waals surface area contributed by atoms with E-state index in [1.807, 2.05) is 26.8 Å². The van der Waals surface area contributed by atoms with Gasteiger partial charge in [0, 0.05) is 16.0 Å². The van der Waals surface area contributed by atoms with Crippen LogP contribution in [-0.2, 0) is 0 Å². The Hall–Kier alpha value is -1.55. The van der Waals surface area contributed by atoms with E-state index in [0.717, 1.165) is 10.4 Å². The smallest absolute Gasteiger partial charge is 0.399 e. The third-order valence-electron chi connectivity index (χ3n) is 1.83. The van der Waals surface area contributed by atoms with Gasteiger partial charge < -0.3 is 10.1 Å². The molecule has 0 radical (unpaired) electrons. The average molecular weight is 251 g/mol. The lowest BCUT2D eigenvalue weighted by molar-refractivity contribution is 0.192. The monoisotopic (exact) mass is 251 g/mol. The van der Waals surface area contributed by atoms with Crippen LogP contribution >= 0.6 is 11.3 Å². The second-order valence-electron chi connectivity index (χ2n) is 4.56. The average Bonchev–Trinajstić information content (AvgIpc) is 2.57. The minimum atomic E-state index is -0.460. The summed E-state index contributed by atoms with van der Waals surface area (Å²) in [7, 11) is 0. The third kappa shape index (κ3) is 4.07. The number of thiophene rings is 1. The lowest BCUT2D eigenvalue weighted by atomic mass is 10.1. The van der Waals surface area contributed by atoms with Crippen LogP contribution < -0.4 is 10.1 Å². The normalized spacial score (nSPS) is 10.8. The molecule has 1 amide bonds. The van der Waals surface area contributed by atoms with Crippen molar-refractivity contribution in [2.24, 2.45) is 0 Å². The van der Waals surface area contributed by atoms with E-state index in [2.05, 4.69) is 18.5 Å². The number of hydrogen-bond donors (Lipinski definition) is 1. The van der Waals surface area contributed by atoms with E-state index in [1.165, 1.54) is 11.3 Å². The molecule has 0 unspecified atom stereocenters. The van der Waals surface area contributed by atoms with Crippen molar-refractivity contribution in [1.82, 2.24) is 5.32 Å². The summed E-state index contributed by atoms with van der Waals surface area (Å²) in [6.45, 7) is 13.0. The summed E-state index contributed by atoms with van der Waals surface area (Å²) in [6, 6.07) is 1.88. The summed E-state index contributed by atoms with van der Waals surface area (Å²) >= 11 is 1.37. The molecule has 4 heteroatoms. The summed E-state index contributed by atoms with van der Waals surface area (Å²) in [5.41, 5.74) is 0.484. The van der Waals surface area contributed by atoms with Crippen LogP contribution in [-0.4, -0.2) is 11.6 Å². The molecule has 0 aliphatic rings. The van der Waals surface area contributed by atoms with Crippen molar-refractivity contribution < 1.29 is 9.53 Å². The maximum absolute atomic E-state index is 11.6. The van der Waals surface area contributed by atoms with E-state index in [1.54, 1.807) is 12.2 Å². The predicted molar refractivity (Wildman–Crippen MR) is 73.4 cm³/mol. The van der Waals surface area contributed by atoms with E-state index in [9.17, 15) is 4.79 Å². The quantitative estimate of drug-likeness (QED) is 0.884. The third-order valence-corrected chi connectivity index (χ3v) is 2.85. The van der Waals surface area contributed by atoms with E-state index in [-0.39, 0.29) is 5.54 Å². The Kier molecular flexibility index (Phi) is 4.12. The molecule has 1 N–H and O–H groups in total. The van der Waals surface area contributed by atoms with Crippen LogP contribution in [0.4, 0.5) is 4.79 Å². The summed E-state index contributed by atoms with van der Waals surface area (Å²) in [6.07, 6.45) is 2.91. The summed E-state index contributed by atoms with van der Waals surface area (Å²) in [5.74, 6) is 0. The van der Waals surface area contributed by atoms with Gasteiger partial charge in [0.05, 0.1) is 0 Å². The Morgan fingerprint density at radius 3 is 2.53 bits per heavy atom. The van der Waals surface area contributed by atoms with Crippen LogP contribution in [0.2, 0.25) is 0 Å². The molecule has 0 aromatic carbocycles. The van der Waals surface area contributed by atoms with Gasteiger partial charge in [-0.1, -0.05) is 36.6 Å². The Morgan fingerprint density at radius 2 is 2.06 bits per heavy atom. The molecule has 0 bridgehead atoms. The molecule has 17 heavy (non-hydrogen) atoms. The lowest BCUT2D eigenvalue weighted by Crippen LogP contribution is -2.42. The molecule has 0 aliphatic heterocycles. The van der Waals surface area contributed by atoms with Crippen LogP contribution in [0.3, 0.4) is 0 Å². The number of amides is 1. The van der Waals surface area contributed by atoms with Crippen LogP contribution in [0.25, 0.3) is 12.2 Å². The molecule has 0 saturated heterocycles. The zero-order valence-corrected chi connectivity index (χ0v) is 11.2. The molecule has 0 atom stereocenters. The molecule has 1 aromatic rings. The maximum atomic E-state index is 11.6. The molecule has 0 spiro atoms. The molecule has 1 heterocycles. The van der Waals surface area contributed by atoms with Gasteiger partial charge >= 0.3 is 6.09 Å². The predicted octanol–water partition coefficient (Wildman–Crippen LogP) is 3.92. The second kappa shape index (κ2) is 5.19. The highest BCUT2D eigenvalue weighted by molar-refractivity contribution is 7.15. The fourth-order valence-corrected chi connectivity index (χ4v) is 2.01. The molecule has 1 aromatic heterocycles. The number of carbonyl (C=O) groups excluding carboxylic acids is 1. The van der Waals surface area contributed by atoms with Gasteiger partial charge in [-0.05, 0) is 26.8 Å². The second-order valence-corrected chi connectivity index (χ2v) is 5.61. The summed E-state index contributed by atoms with van der Waals surface area (Å²) in [5, 5.41) is 3.27. The lowest BCUT2D eigenvalue weighted by Gasteiger charge is -2.19. The van der Waals surface area contributed by atoms with Crippen LogP contribution in [0.15, 0.2) is 19.2 Å². The largest absolute Gasteiger partial charge is 0.413 e. The molecule has 0 aliphatic carbocycles. The molecular weight excluding hydrogens is 234 g/mol. The number of nitrogens with one attached hydrogen (secondary N) is 1. The Bertz CT molecular complexity index is 441. The minimum absolute atomic E-state index is 0.316. The highest BCUT2D eigenvalue weighted by Crippen LogP contribution is 2.32. The zero-order valence-electron chi connectivity index (χ0n) is 10.4. The highest BCUT2D eigenvalue weighted by Gasteiger charge is 2.17. The van der Waals surface area contributed by atoms with Gasteiger partial charge in [-0.15, -0.1) is 0 Å². The van der Waals surface area contributed by atoms with Crippen molar-refractivity contribution in [2.75, 3.05) is 0 Å². The topological polar surface area (TPSA) is 38.3 Å². The number of hydrogen-bond acceptors (Lipinski definition) is 3. The minimum Gasteiger partial charge on any atom is -0.399 e. The van der Waals surface area contributed by atoms with Gasteiger partial charge in [0.15, 0.2) is 5.06 Å². The van der Waals surface area contributed by atoms with Gasteiger partial charge in [0.1, 0.15) is 0 Å². The summed E-state index contributed by atoms with van der Waals surface area (Å²) < 4.78 is 5.24. The standard InChI is InChI=1S/C13H17NO2S/c1-6-9-8-10(7-2)17-11(9)16-12(15)14-13(3,4)5/h6-8H,1-2H2,3-5H3,(H,14,15). The maximum Gasteiger partial charge on any atom is 0.413 e. The van der Waals surface area contributed by atoms with Crippen molar-refractivity contribution in [3.63, 3.8) is 0 Å². The molecule has 92 valence electrons. The Balaban J connectivity index is 2.80. The highest BCUT2D eigenvalue weighted by atomic mass is 32.1. The van der Waals surface area contributed by atoms with E-state index in [0.29, 0.717) is 5.06 Å². The van der Waals surface area contributed by atoms with Gasteiger partial charge in [-0.2, -0.15) is 0 Å². The van der Waals surface area contributed by atoms with Crippen molar-refractivity contribution in [3.05, 3.63) is 29.7 Å². The van der Waals surface area contributed by atoms with E-state index < -0.39 is 6.09 Å². The molecule has 0 saturated carbocycles. The van der Waals surface area contributed by atoms with Crippen LogP contribution in [0.5, 0.6) is 5.06 Å². The van der Waals surface area contributed by atoms with Crippen LogP contribution in [0.1, 0.15) is 31.2 Å². The van der Waals surface area contributed by atoms with Gasteiger partial charge in [-0.25, -0.2) is 4.79 Å². The van der Waals surface area contributed by atoms with Gasteiger partial charge in [0.25, 0.3) is 0 Å². The Morgan fingerprint density at radius 1 is 1.41 bits per heavy atom. The molecule has 3 nitrogen and oxygen atoms in total. The first-order chi connectivity index (χ1) is 7.85. The fourth-order valence-electron chi connectivity index (χ4n) is 1.15. The number of carbonyl (C=O) groups is 1. The van der Waals surface area contributed by atoms with Gasteiger partial charge in [0.2, 0.25) is 0 Å². The SMILES string of the molecule is C=Cc1cc(C=C)c(OC(=O)NC(C)(C)C)s1. The summed E-state index contributed by atoms with van der Waals surface area (Å²) in [4.78, 5) is 12.6. The number of rotatable bonds is 3. The molecular formula is C13H17NO2S. The zero-order chi connectivity index (χ0) is 13.1. The molecule has 0 fully saturated rings. The van der Waals surface area contributed by atoms with Crippen molar-refractivity contribution in [2.45, 2.75) is 26.3 Å². The van der Waals surface area contributed by atoms with Crippen molar-refractivity contribution >= 4 is 29.6 Å². The van der Waals surface area contributed by atoms with Crippen molar-refractivity contribution in [1.29, 1.82) is 0 Å². The van der Waals surface area contributed by atoms with E-state index >= 15 is 0 Å². The van der Waals surface area contributed by atoms with Crippen molar-refractivity contribution in [3.8, 4) is 5.06 Å². The Labute approximate surface area is 106 Å². The number of ether oxygens (including phenoxy) is 1. The van der Waals surface area contributed by atoms with E-state index in [4.69, 9.17) is 4.74 Å².